The molecule has 1 atom stereocenters. The number of pyridine rings is 1. The van der Waals surface area contributed by atoms with Crippen molar-refractivity contribution >= 4 is 29.2 Å². The number of hydrogen-bond acceptors (Lipinski definition) is 3. The Morgan fingerprint density at radius 2 is 1.75 bits per heavy atom. The monoisotopic (exact) mass is 522 g/mol. The van der Waals surface area contributed by atoms with Crippen molar-refractivity contribution in [1.82, 2.24) is 15.2 Å². The van der Waals surface area contributed by atoms with Crippen molar-refractivity contribution < 1.29 is 27.2 Å². The summed E-state index contributed by atoms with van der Waals surface area (Å²) in [6.07, 6.45) is 1.11. The molecule has 0 spiro atoms. The van der Waals surface area contributed by atoms with Gasteiger partial charge in [-0.25, -0.2) is 22.4 Å². The van der Waals surface area contributed by atoms with Gasteiger partial charge in [-0.15, -0.1) is 0 Å². The average Bonchev–Trinajstić information content (AvgIpc) is 2.83. The van der Waals surface area contributed by atoms with Crippen LogP contribution in [0, 0.1) is 23.3 Å². The van der Waals surface area contributed by atoms with Gasteiger partial charge in [-0.1, -0.05) is 17.7 Å². The first-order chi connectivity index (χ1) is 17.0. The zero-order valence-electron chi connectivity index (χ0n) is 19.0. The van der Waals surface area contributed by atoms with Crippen molar-refractivity contribution in [2.75, 3.05) is 11.9 Å². The Morgan fingerprint density at radius 3 is 2.42 bits per heavy atom. The van der Waals surface area contributed by atoms with Gasteiger partial charge in [0.25, 0.3) is 11.5 Å². The molecule has 0 radical (unpaired) electrons. The van der Waals surface area contributed by atoms with Crippen LogP contribution in [-0.2, 0) is 13.1 Å². The summed E-state index contributed by atoms with van der Waals surface area (Å²) in [6, 6.07) is 4.52. The maximum absolute atomic E-state index is 14.5. The summed E-state index contributed by atoms with van der Waals surface area (Å²) in [5, 5.41) is 2.27. The molecule has 188 valence electrons. The number of amides is 3. The highest BCUT2D eigenvalue weighted by Gasteiger charge is 2.34. The zero-order chi connectivity index (χ0) is 26.3. The van der Waals surface area contributed by atoms with Gasteiger partial charge < -0.3 is 15.2 Å². The van der Waals surface area contributed by atoms with E-state index in [0.29, 0.717) is 17.7 Å². The standard InChI is InChI=1S/C24H19ClF4N4O3/c1-11-14-4-3-12(22(34)30-8-15-18(27)6-13(26)7-19(15)28)5-20(14)33(24(36)32(11)2)10-16-17(25)9-31-23(35)21(16)29/h3-7,9,11H,8,10H2,1-2H3,(H,30,34)(H,31,35)/t11-/m0/s1. The van der Waals surface area contributed by atoms with Gasteiger partial charge in [0, 0.05) is 48.6 Å². The van der Waals surface area contributed by atoms with Crippen molar-refractivity contribution in [3.05, 3.63) is 97.4 Å². The number of carbonyl (C=O) groups is 2. The Kier molecular flexibility index (Phi) is 6.77. The number of urea groups is 1. The summed E-state index contributed by atoms with van der Waals surface area (Å²) in [7, 11) is 1.55. The first-order valence-electron chi connectivity index (χ1n) is 10.6. The van der Waals surface area contributed by atoms with Crippen LogP contribution in [0.25, 0.3) is 0 Å². The number of nitrogens with zero attached hydrogens (tertiary/aromatic N) is 2. The Labute approximate surface area is 207 Å². The van der Waals surface area contributed by atoms with Crippen LogP contribution in [0.1, 0.15) is 40.0 Å². The van der Waals surface area contributed by atoms with Gasteiger partial charge >= 0.3 is 6.03 Å². The fourth-order valence-corrected chi connectivity index (χ4v) is 4.13. The predicted octanol–water partition coefficient (Wildman–Crippen LogP) is 4.65. The van der Waals surface area contributed by atoms with E-state index in [2.05, 4.69) is 10.3 Å². The maximum atomic E-state index is 14.5. The molecule has 3 aromatic rings. The molecular formula is C24H19ClF4N4O3. The van der Waals surface area contributed by atoms with Crippen molar-refractivity contribution in [1.29, 1.82) is 0 Å². The smallest absolute Gasteiger partial charge is 0.325 e. The van der Waals surface area contributed by atoms with E-state index in [0.717, 1.165) is 6.20 Å². The third-order valence-corrected chi connectivity index (χ3v) is 6.41. The summed E-state index contributed by atoms with van der Waals surface area (Å²) in [5.41, 5.74) is -0.786. The number of benzene rings is 2. The minimum Gasteiger partial charge on any atom is -0.348 e. The van der Waals surface area contributed by atoms with Gasteiger partial charge in [0.15, 0.2) is 5.82 Å². The number of fused-ring (bicyclic) bond motifs is 1. The quantitative estimate of drug-likeness (QED) is 0.478. The lowest BCUT2D eigenvalue weighted by atomic mass is 9.98. The van der Waals surface area contributed by atoms with E-state index >= 15 is 0 Å². The van der Waals surface area contributed by atoms with Crippen LogP contribution in [0.5, 0.6) is 0 Å². The Hall–Kier alpha value is -3.86. The first-order valence-corrected chi connectivity index (χ1v) is 11.0. The molecule has 0 saturated heterocycles. The number of aromatic amines is 1. The van der Waals surface area contributed by atoms with Crippen molar-refractivity contribution in [2.24, 2.45) is 0 Å². The second-order valence-corrected chi connectivity index (χ2v) is 8.63. The van der Waals surface area contributed by atoms with E-state index in [9.17, 15) is 31.9 Å². The highest BCUT2D eigenvalue weighted by Crippen LogP contribution is 2.38. The Bertz CT molecular complexity index is 1420. The molecule has 0 aliphatic carbocycles. The molecule has 2 aromatic carbocycles. The van der Waals surface area contributed by atoms with E-state index in [-0.39, 0.29) is 21.8 Å². The zero-order valence-corrected chi connectivity index (χ0v) is 19.7. The van der Waals surface area contributed by atoms with Gasteiger partial charge in [-0.2, -0.15) is 0 Å². The van der Waals surface area contributed by atoms with E-state index in [1.165, 1.54) is 21.9 Å². The van der Waals surface area contributed by atoms with Crippen molar-refractivity contribution in [3.8, 4) is 0 Å². The van der Waals surface area contributed by atoms with Crippen LogP contribution in [0.15, 0.2) is 41.3 Å². The molecule has 0 fully saturated rings. The third kappa shape index (κ3) is 4.53. The second-order valence-electron chi connectivity index (χ2n) is 8.22. The molecule has 36 heavy (non-hydrogen) atoms. The summed E-state index contributed by atoms with van der Waals surface area (Å²) in [5.74, 6) is -5.25. The summed E-state index contributed by atoms with van der Waals surface area (Å²) >= 11 is 6.07. The van der Waals surface area contributed by atoms with Crippen molar-refractivity contribution in [3.63, 3.8) is 0 Å². The van der Waals surface area contributed by atoms with Crippen LogP contribution in [0.2, 0.25) is 5.02 Å². The number of carbonyl (C=O) groups excluding carboxylic acids is 2. The number of aromatic nitrogens is 1. The minimum absolute atomic E-state index is 0.0451. The Morgan fingerprint density at radius 1 is 1.08 bits per heavy atom. The van der Waals surface area contributed by atoms with Gasteiger partial charge in [0.1, 0.15) is 17.5 Å². The fraction of sp³-hybridized carbons (Fsp3) is 0.208. The first kappa shape index (κ1) is 25.2. The highest BCUT2D eigenvalue weighted by molar-refractivity contribution is 6.31. The van der Waals surface area contributed by atoms with Gasteiger partial charge in [-0.05, 0) is 24.6 Å². The molecule has 0 saturated carbocycles. The maximum Gasteiger partial charge on any atom is 0.325 e. The number of nitrogens with one attached hydrogen (secondary N) is 2. The molecule has 12 heteroatoms. The summed E-state index contributed by atoms with van der Waals surface area (Å²) in [4.78, 5) is 42.3. The number of hydrogen-bond donors (Lipinski definition) is 2. The van der Waals surface area contributed by atoms with Crippen LogP contribution >= 0.6 is 11.6 Å². The number of halogens is 5. The van der Waals surface area contributed by atoms with Crippen LogP contribution < -0.4 is 15.8 Å². The molecular weight excluding hydrogens is 504 g/mol. The minimum atomic E-state index is -1.15. The van der Waals surface area contributed by atoms with Crippen LogP contribution in [0.4, 0.5) is 28.0 Å². The summed E-state index contributed by atoms with van der Waals surface area (Å²) in [6.45, 7) is 0.812. The molecule has 0 unspecified atom stereocenters. The fourth-order valence-electron chi connectivity index (χ4n) is 3.93. The lowest BCUT2D eigenvalue weighted by Crippen LogP contribution is -2.47. The van der Waals surface area contributed by atoms with Gasteiger partial charge in [-0.3, -0.25) is 14.5 Å². The Balaban J connectivity index is 1.67. The highest BCUT2D eigenvalue weighted by atomic mass is 35.5. The molecule has 7 nitrogen and oxygen atoms in total. The predicted molar refractivity (Wildman–Crippen MR) is 124 cm³/mol. The molecule has 1 aliphatic rings. The summed E-state index contributed by atoms with van der Waals surface area (Å²) < 4.78 is 55.5. The molecule has 1 aliphatic heterocycles. The lowest BCUT2D eigenvalue weighted by molar-refractivity contribution is 0.0950. The van der Waals surface area contributed by atoms with Crippen LogP contribution in [-0.4, -0.2) is 28.9 Å². The van der Waals surface area contributed by atoms with Crippen molar-refractivity contribution in [2.45, 2.75) is 26.1 Å². The number of rotatable bonds is 5. The van der Waals surface area contributed by atoms with Gasteiger partial charge in [0.2, 0.25) is 0 Å². The van der Waals surface area contributed by atoms with Crippen LogP contribution in [0.3, 0.4) is 0 Å². The molecule has 0 bridgehead atoms. The molecule has 1 aromatic heterocycles. The molecule has 2 N–H and O–H groups in total. The SMILES string of the molecule is C[C@H]1c2ccc(C(=O)NCc3c(F)cc(F)cc3F)cc2N(Cc2c(Cl)c[nH]c(=O)c2F)C(=O)N1C. The largest absolute Gasteiger partial charge is 0.348 e. The second kappa shape index (κ2) is 9.65. The van der Waals surface area contributed by atoms with E-state index in [1.54, 1.807) is 20.0 Å². The van der Waals surface area contributed by atoms with E-state index in [1.807, 2.05) is 0 Å². The topological polar surface area (TPSA) is 85.5 Å². The normalized spacial score (nSPS) is 15.2. The number of anilines is 1. The molecule has 2 heterocycles. The average molecular weight is 523 g/mol. The number of H-pyrrole nitrogens is 1. The van der Waals surface area contributed by atoms with E-state index in [4.69, 9.17) is 11.6 Å². The van der Waals surface area contributed by atoms with Gasteiger partial charge in [0.05, 0.1) is 23.3 Å². The molecule has 3 amide bonds. The molecule has 4 rings (SSSR count). The third-order valence-electron chi connectivity index (χ3n) is 6.08. The lowest BCUT2D eigenvalue weighted by Gasteiger charge is -2.39. The van der Waals surface area contributed by atoms with E-state index < -0.39 is 65.5 Å².